The number of nitrogens with one attached hydrogen (secondary N) is 1. The van der Waals surface area contributed by atoms with Gasteiger partial charge in [0.05, 0.1) is 5.84 Å². The van der Waals surface area contributed by atoms with Crippen molar-refractivity contribution in [2.24, 2.45) is 5.73 Å². The number of hydrogen-bond acceptors (Lipinski definition) is 2. The summed E-state index contributed by atoms with van der Waals surface area (Å²) in [4.78, 5) is 0. The molecule has 2 aromatic carbocycles. The van der Waals surface area contributed by atoms with Gasteiger partial charge in [0.25, 0.3) is 0 Å². The van der Waals surface area contributed by atoms with Gasteiger partial charge in [0, 0.05) is 17.4 Å². The highest BCUT2D eigenvalue weighted by molar-refractivity contribution is 7.98. The summed E-state index contributed by atoms with van der Waals surface area (Å²) in [5.74, 6) is 2.05. The second kappa shape index (κ2) is 7.15. The number of nitrogens with two attached hydrogens (primary N) is 1. The maximum Gasteiger partial charge on any atom is 0.0990 e. The molecule has 0 aromatic heterocycles. The largest absolute Gasteiger partial charge is 0.387 e. The molecule has 1 unspecified atom stereocenters. The molecule has 0 aliphatic carbocycles. The molecule has 0 amide bonds. The van der Waals surface area contributed by atoms with Crippen LogP contribution in [-0.4, -0.2) is 11.6 Å². The van der Waals surface area contributed by atoms with Crippen molar-refractivity contribution in [3.63, 3.8) is 0 Å². The third-order valence-corrected chi connectivity index (χ3v) is 4.32. The Kier molecular flexibility index (Phi) is 5.24. The zero-order valence-corrected chi connectivity index (χ0v) is 12.5. The monoisotopic (exact) mass is 284 g/mol. The molecule has 104 valence electrons. The van der Waals surface area contributed by atoms with E-state index >= 15 is 0 Å². The lowest BCUT2D eigenvalue weighted by Crippen LogP contribution is -2.22. The van der Waals surface area contributed by atoms with E-state index in [1.807, 2.05) is 42.1 Å². The van der Waals surface area contributed by atoms with Gasteiger partial charge in [-0.25, -0.2) is 0 Å². The Bertz CT molecular complexity index is 566. The van der Waals surface area contributed by atoms with Gasteiger partial charge < -0.3 is 5.73 Å². The van der Waals surface area contributed by atoms with Gasteiger partial charge in [-0.1, -0.05) is 60.2 Å². The van der Waals surface area contributed by atoms with E-state index in [-0.39, 0.29) is 11.8 Å². The molecule has 0 aliphatic heterocycles. The SMILES string of the molecule is Cc1cccc(CSCC(C(=N)N)c2ccccc2)c1. The molecule has 1 atom stereocenters. The molecule has 0 spiro atoms. The van der Waals surface area contributed by atoms with Gasteiger partial charge in [0.2, 0.25) is 0 Å². The molecular formula is C17H20N2S. The van der Waals surface area contributed by atoms with Crippen LogP contribution in [0.2, 0.25) is 0 Å². The molecule has 2 nitrogen and oxygen atoms in total. The van der Waals surface area contributed by atoms with Crippen molar-refractivity contribution in [3.8, 4) is 0 Å². The van der Waals surface area contributed by atoms with E-state index in [4.69, 9.17) is 11.1 Å². The van der Waals surface area contributed by atoms with E-state index in [0.717, 1.165) is 17.1 Å². The molecule has 0 aliphatic rings. The number of rotatable bonds is 6. The second-order valence-corrected chi connectivity index (χ2v) is 5.95. The van der Waals surface area contributed by atoms with Crippen LogP contribution in [0.15, 0.2) is 54.6 Å². The number of thioether (sulfide) groups is 1. The van der Waals surface area contributed by atoms with Crippen LogP contribution in [0, 0.1) is 12.3 Å². The van der Waals surface area contributed by atoms with Crippen molar-refractivity contribution in [3.05, 3.63) is 71.3 Å². The number of benzene rings is 2. The summed E-state index contributed by atoms with van der Waals surface area (Å²) >= 11 is 1.83. The van der Waals surface area contributed by atoms with Gasteiger partial charge in [0.15, 0.2) is 0 Å². The average molecular weight is 284 g/mol. The summed E-state index contributed by atoms with van der Waals surface area (Å²) < 4.78 is 0. The Morgan fingerprint density at radius 2 is 1.90 bits per heavy atom. The summed E-state index contributed by atoms with van der Waals surface area (Å²) in [6.07, 6.45) is 0. The highest BCUT2D eigenvalue weighted by Gasteiger charge is 2.14. The van der Waals surface area contributed by atoms with E-state index < -0.39 is 0 Å². The molecular weight excluding hydrogens is 264 g/mol. The van der Waals surface area contributed by atoms with Crippen LogP contribution in [0.25, 0.3) is 0 Å². The first-order valence-electron chi connectivity index (χ1n) is 6.69. The van der Waals surface area contributed by atoms with Crippen LogP contribution in [0.4, 0.5) is 0 Å². The van der Waals surface area contributed by atoms with Crippen LogP contribution in [-0.2, 0) is 5.75 Å². The molecule has 0 radical (unpaired) electrons. The quantitative estimate of drug-likeness (QED) is 0.623. The summed E-state index contributed by atoms with van der Waals surface area (Å²) in [6.45, 7) is 2.11. The summed E-state index contributed by atoms with van der Waals surface area (Å²) in [7, 11) is 0. The van der Waals surface area contributed by atoms with Crippen molar-refractivity contribution < 1.29 is 0 Å². The summed E-state index contributed by atoms with van der Waals surface area (Å²) in [5, 5.41) is 7.77. The van der Waals surface area contributed by atoms with Gasteiger partial charge in [0.1, 0.15) is 0 Å². The standard InChI is InChI=1S/C17H20N2S/c1-13-6-5-7-14(10-13)11-20-12-16(17(18)19)15-8-3-2-4-9-15/h2-10,16H,11-12H2,1H3,(H3,18,19). The zero-order chi connectivity index (χ0) is 14.4. The molecule has 3 heteroatoms. The molecule has 0 saturated carbocycles. The molecule has 0 fully saturated rings. The fraction of sp³-hybridized carbons (Fsp3) is 0.235. The highest BCUT2D eigenvalue weighted by Crippen LogP contribution is 2.23. The second-order valence-electron chi connectivity index (χ2n) is 4.92. The first-order valence-corrected chi connectivity index (χ1v) is 7.84. The molecule has 0 bridgehead atoms. The third kappa shape index (κ3) is 4.14. The summed E-state index contributed by atoms with van der Waals surface area (Å²) in [6, 6.07) is 18.6. The minimum absolute atomic E-state index is 0.00556. The van der Waals surface area contributed by atoms with Gasteiger partial charge in [-0.2, -0.15) is 11.8 Å². The maximum atomic E-state index is 7.77. The van der Waals surface area contributed by atoms with E-state index in [1.165, 1.54) is 11.1 Å². The molecule has 0 heterocycles. The van der Waals surface area contributed by atoms with E-state index in [0.29, 0.717) is 0 Å². The lowest BCUT2D eigenvalue weighted by molar-refractivity contribution is 1.01. The third-order valence-electron chi connectivity index (χ3n) is 3.21. The smallest absolute Gasteiger partial charge is 0.0990 e. The van der Waals surface area contributed by atoms with Crippen LogP contribution >= 0.6 is 11.8 Å². The Morgan fingerprint density at radius 1 is 1.15 bits per heavy atom. The van der Waals surface area contributed by atoms with E-state index in [9.17, 15) is 0 Å². The Morgan fingerprint density at radius 3 is 2.55 bits per heavy atom. The van der Waals surface area contributed by atoms with Crippen LogP contribution in [0.1, 0.15) is 22.6 Å². The summed E-state index contributed by atoms with van der Waals surface area (Å²) in [5.41, 5.74) is 9.48. The fourth-order valence-corrected chi connectivity index (χ4v) is 3.29. The maximum absolute atomic E-state index is 7.77. The Hall–Kier alpha value is -1.74. The van der Waals surface area contributed by atoms with Crippen LogP contribution in [0.3, 0.4) is 0 Å². The highest BCUT2D eigenvalue weighted by atomic mass is 32.2. The van der Waals surface area contributed by atoms with Crippen molar-refractivity contribution in [1.82, 2.24) is 0 Å². The minimum Gasteiger partial charge on any atom is -0.387 e. The van der Waals surface area contributed by atoms with Crippen LogP contribution < -0.4 is 5.73 Å². The fourth-order valence-electron chi connectivity index (χ4n) is 2.15. The van der Waals surface area contributed by atoms with Gasteiger partial charge in [-0.15, -0.1) is 0 Å². The molecule has 0 saturated heterocycles. The van der Waals surface area contributed by atoms with E-state index in [1.54, 1.807) is 0 Å². The molecule has 20 heavy (non-hydrogen) atoms. The predicted octanol–water partition coefficient (Wildman–Crippen LogP) is 3.95. The van der Waals surface area contributed by atoms with Gasteiger partial charge in [-0.3, -0.25) is 5.41 Å². The number of amidine groups is 1. The molecule has 2 aromatic rings. The molecule has 3 N–H and O–H groups in total. The Balaban J connectivity index is 1.95. The van der Waals surface area contributed by atoms with Crippen molar-refractivity contribution in [2.45, 2.75) is 18.6 Å². The van der Waals surface area contributed by atoms with Gasteiger partial charge >= 0.3 is 0 Å². The molecule has 2 rings (SSSR count). The number of aryl methyl sites for hydroxylation is 1. The normalized spacial score (nSPS) is 12.1. The van der Waals surface area contributed by atoms with Crippen LogP contribution in [0.5, 0.6) is 0 Å². The van der Waals surface area contributed by atoms with Crippen molar-refractivity contribution in [1.29, 1.82) is 5.41 Å². The first-order chi connectivity index (χ1) is 9.66. The Labute approximate surface area is 124 Å². The lowest BCUT2D eigenvalue weighted by atomic mass is 10.0. The van der Waals surface area contributed by atoms with Gasteiger partial charge in [-0.05, 0) is 18.1 Å². The number of hydrogen-bond donors (Lipinski definition) is 2. The van der Waals surface area contributed by atoms with Crippen molar-refractivity contribution >= 4 is 17.6 Å². The minimum atomic E-state index is 0.00556. The predicted molar refractivity (Wildman–Crippen MR) is 88.4 cm³/mol. The first kappa shape index (κ1) is 14.7. The topological polar surface area (TPSA) is 49.9 Å². The van der Waals surface area contributed by atoms with Crippen molar-refractivity contribution in [2.75, 3.05) is 5.75 Å². The van der Waals surface area contributed by atoms with E-state index in [2.05, 4.69) is 31.2 Å². The zero-order valence-electron chi connectivity index (χ0n) is 11.7. The average Bonchev–Trinajstić information content (AvgIpc) is 2.44. The lowest BCUT2D eigenvalue weighted by Gasteiger charge is -2.15.